The van der Waals surface area contributed by atoms with E-state index >= 15 is 0 Å². The van der Waals surface area contributed by atoms with Crippen LogP contribution >= 0.6 is 11.6 Å². The van der Waals surface area contributed by atoms with E-state index in [1.165, 1.54) is 12.1 Å². The van der Waals surface area contributed by atoms with Gasteiger partial charge in [-0.2, -0.15) is 0 Å². The lowest BCUT2D eigenvalue weighted by Gasteiger charge is -2.36. The first-order valence-electron chi connectivity index (χ1n) is 9.50. The van der Waals surface area contributed by atoms with Gasteiger partial charge in [0.15, 0.2) is 0 Å². The van der Waals surface area contributed by atoms with Crippen molar-refractivity contribution >= 4 is 34.6 Å². The van der Waals surface area contributed by atoms with E-state index in [2.05, 4.69) is 20.4 Å². The summed E-state index contributed by atoms with van der Waals surface area (Å²) in [5.41, 5.74) is 1.87. The SMILES string of the molecule is O=C(CN1CCN(c2ccccc2Cl)CC1)NCCNc1ccc([N+](=O)[O-])cc1. The monoisotopic (exact) mass is 417 g/mol. The molecule has 154 valence electrons. The summed E-state index contributed by atoms with van der Waals surface area (Å²) in [5.74, 6) is -0.0123. The van der Waals surface area contributed by atoms with Gasteiger partial charge >= 0.3 is 0 Å². The van der Waals surface area contributed by atoms with Crippen LogP contribution in [0.25, 0.3) is 0 Å². The predicted molar refractivity (Wildman–Crippen MR) is 115 cm³/mol. The van der Waals surface area contributed by atoms with Crippen molar-refractivity contribution in [2.24, 2.45) is 0 Å². The molecule has 0 bridgehead atoms. The summed E-state index contributed by atoms with van der Waals surface area (Å²) in [6.07, 6.45) is 0. The summed E-state index contributed by atoms with van der Waals surface area (Å²) < 4.78 is 0. The van der Waals surface area contributed by atoms with Gasteiger partial charge in [-0.15, -0.1) is 0 Å². The summed E-state index contributed by atoms with van der Waals surface area (Å²) in [4.78, 5) is 26.7. The minimum absolute atomic E-state index is 0.0123. The number of carbonyl (C=O) groups excluding carboxylic acids is 1. The van der Waals surface area contributed by atoms with Crippen LogP contribution in [0.4, 0.5) is 17.1 Å². The zero-order valence-electron chi connectivity index (χ0n) is 16.0. The van der Waals surface area contributed by atoms with E-state index in [4.69, 9.17) is 11.6 Å². The van der Waals surface area contributed by atoms with Gasteiger partial charge in [-0.05, 0) is 24.3 Å². The van der Waals surface area contributed by atoms with Crippen LogP contribution in [-0.2, 0) is 4.79 Å². The molecule has 9 heteroatoms. The zero-order valence-corrected chi connectivity index (χ0v) is 16.8. The number of amides is 1. The Morgan fingerprint density at radius 1 is 1.03 bits per heavy atom. The van der Waals surface area contributed by atoms with Gasteiger partial charge < -0.3 is 15.5 Å². The second-order valence-corrected chi connectivity index (χ2v) is 7.20. The number of nitrogens with one attached hydrogen (secondary N) is 2. The van der Waals surface area contributed by atoms with E-state index in [0.717, 1.165) is 42.6 Å². The van der Waals surface area contributed by atoms with Crippen LogP contribution in [0, 0.1) is 10.1 Å². The molecular formula is C20H24ClN5O3. The van der Waals surface area contributed by atoms with Gasteiger partial charge in [-0.3, -0.25) is 19.8 Å². The van der Waals surface area contributed by atoms with Crippen molar-refractivity contribution in [2.45, 2.75) is 0 Å². The molecular weight excluding hydrogens is 394 g/mol. The molecule has 0 spiro atoms. The van der Waals surface area contributed by atoms with Crippen molar-refractivity contribution in [3.05, 3.63) is 63.7 Å². The quantitative estimate of drug-likeness (QED) is 0.390. The molecule has 2 aromatic carbocycles. The number of para-hydroxylation sites is 1. The van der Waals surface area contributed by atoms with E-state index < -0.39 is 4.92 Å². The number of halogens is 1. The summed E-state index contributed by atoms with van der Waals surface area (Å²) in [6, 6.07) is 14.0. The molecule has 2 N–H and O–H groups in total. The molecule has 0 unspecified atom stereocenters. The van der Waals surface area contributed by atoms with Crippen LogP contribution in [-0.4, -0.2) is 61.5 Å². The Balaban J connectivity index is 1.33. The Labute approximate surface area is 174 Å². The Kier molecular flexibility index (Phi) is 7.26. The number of carbonyl (C=O) groups is 1. The first-order valence-corrected chi connectivity index (χ1v) is 9.87. The summed E-state index contributed by atoms with van der Waals surface area (Å²) >= 11 is 6.26. The van der Waals surface area contributed by atoms with Crippen LogP contribution in [0.1, 0.15) is 0 Å². The molecule has 2 aromatic rings. The van der Waals surface area contributed by atoms with Gasteiger partial charge in [-0.25, -0.2) is 0 Å². The first-order chi connectivity index (χ1) is 14.0. The summed E-state index contributed by atoms with van der Waals surface area (Å²) in [6.45, 7) is 4.67. The fourth-order valence-electron chi connectivity index (χ4n) is 3.22. The van der Waals surface area contributed by atoms with Crippen LogP contribution in [0.15, 0.2) is 48.5 Å². The molecule has 0 saturated carbocycles. The Bertz CT molecular complexity index is 838. The lowest BCUT2D eigenvalue weighted by atomic mass is 10.2. The number of hydrogen-bond donors (Lipinski definition) is 2. The summed E-state index contributed by atoms with van der Waals surface area (Å²) in [5, 5.41) is 17.4. The molecule has 3 rings (SSSR count). The lowest BCUT2D eigenvalue weighted by molar-refractivity contribution is -0.384. The van der Waals surface area contributed by atoms with E-state index in [-0.39, 0.29) is 11.6 Å². The van der Waals surface area contributed by atoms with Crippen molar-refractivity contribution in [3.63, 3.8) is 0 Å². The smallest absolute Gasteiger partial charge is 0.269 e. The molecule has 29 heavy (non-hydrogen) atoms. The van der Waals surface area contributed by atoms with Crippen molar-refractivity contribution in [3.8, 4) is 0 Å². The molecule has 0 atom stereocenters. The molecule has 8 nitrogen and oxygen atoms in total. The van der Waals surface area contributed by atoms with Gasteiger partial charge in [0.2, 0.25) is 5.91 Å². The highest BCUT2D eigenvalue weighted by atomic mass is 35.5. The minimum Gasteiger partial charge on any atom is -0.383 e. The van der Waals surface area contributed by atoms with Gasteiger partial charge in [0.1, 0.15) is 0 Å². The predicted octanol–water partition coefficient (Wildman–Crippen LogP) is 2.60. The minimum atomic E-state index is -0.432. The third-order valence-electron chi connectivity index (χ3n) is 4.79. The van der Waals surface area contributed by atoms with E-state index in [0.29, 0.717) is 19.6 Å². The number of nitro benzene ring substituents is 1. The van der Waals surface area contributed by atoms with Crippen molar-refractivity contribution in [1.29, 1.82) is 0 Å². The highest BCUT2D eigenvalue weighted by molar-refractivity contribution is 6.33. The zero-order chi connectivity index (χ0) is 20.6. The molecule has 1 fully saturated rings. The van der Waals surface area contributed by atoms with Crippen molar-refractivity contribution in [2.75, 3.05) is 56.0 Å². The third-order valence-corrected chi connectivity index (χ3v) is 5.11. The molecule has 0 aliphatic carbocycles. The maximum absolute atomic E-state index is 12.2. The third kappa shape index (κ3) is 6.07. The van der Waals surface area contributed by atoms with Crippen LogP contribution in [0.5, 0.6) is 0 Å². The van der Waals surface area contributed by atoms with E-state index in [1.807, 2.05) is 24.3 Å². The van der Waals surface area contributed by atoms with Crippen LogP contribution in [0.3, 0.4) is 0 Å². The number of non-ortho nitro benzene ring substituents is 1. The largest absolute Gasteiger partial charge is 0.383 e. The molecule has 1 amide bonds. The fourth-order valence-corrected chi connectivity index (χ4v) is 3.48. The van der Waals surface area contributed by atoms with Crippen molar-refractivity contribution in [1.82, 2.24) is 10.2 Å². The molecule has 1 heterocycles. The second-order valence-electron chi connectivity index (χ2n) is 6.80. The standard InChI is InChI=1S/C20H24ClN5O3/c21-18-3-1-2-4-19(18)25-13-11-24(12-14-25)15-20(27)23-10-9-22-16-5-7-17(8-6-16)26(28)29/h1-8,22H,9-15H2,(H,23,27). The highest BCUT2D eigenvalue weighted by Gasteiger charge is 2.20. The highest BCUT2D eigenvalue weighted by Crippen LogP contribution is 2.25. The van der Waals surface area contributed by atoms with Crippen molar-refractivity contribution < 1.29 is 9.72 Å². The number of anilines is 2. The number of piperazine rings is 1. The van der Waals surface area contributed by atoms with Gasteiger partial charge in [0, 0.05) is 57.1 Å². The number of hydrogen-bond acceptors (Lipinski definition) is 6. The Hall–Kier alpha value is -2.84. The lowest BCUT2D eigenvalue weighted by Crippen LogP contribution is -2.49. The Morgan fingerprint density at radius 3 is 2.38 bits per heavy atom. The Morgan fingerprint density at radius 2 is 1.72 bits per heavy atom. The topological polar surface area (TPSA) is 90.8 Å². The molecule has 1 aliphatic heterocycles. The second kappa shape index (κ2) is 10.1. The van der Waals surface area contributed by atoms with E-state index in [1.54, 1.807) is 12.1 Å². The molecule has 1 aliphatic rings. The van der Waals surface area contributed by atoms with Crippen LogP contribution in [0.2, 0.25) is 5.02 Å². The maximum atomic E-state index is 12.2. The fraction of sp³-hybridized carbons (Fsp3) is 0.350. The normalized spacial score (nSPS) is 14.4. The van der Waals surface area contributed by atoms with Crippen LogP contribution < -0.4 is 15.5 Å². The average Bonchev–Trinajstić information content (AvgIpc) is 2.73. The van der Waals surface area contributed by atoms with Gasteiger partial charge in [0.05, 0.1) is 22.2 Å². The number of nitrogens with zero attached hydrogens (tertiary/aromatic N) is 3. The maximum Gasteiger partial charge on any atom is 0.269 e. The van der Waals surface area contributed by atoms with Gasteiger partial charge in [-0.1, -0.05) is 23.7 Å². The molecule has 0 aromatic heterocycles. The van der Waals surface area contributed by atoms with E-state index in [9.17, 15) is 14.9 Å². The first kappa shape index (κ1) is 20.9. The molecule has 0 radical (unpaired) electrons. The number of benzene rings is 2. The average molecular weight is 418 g/mol. The number of rotatable bonds is 8. The molecule has 1 saturated heterocycles. The number of nitro groups is 1. The summed E-state index contributed by atoms with van der Waals surface area (Å²) in [7, 11) is 0. The van der Waals surface area contributed by atoms with Gasteiger partial charge in [0.25, 0.3) is 5.69 Å².